The highest BCUT2D eigenvalue weighted by atomic mass is 16.1. The summed E-state index contributed by atoms with van der Waals surface area (Å²) in [4.78, 5) is 14.0. The van der Waals surface area contributed by atoms with Crippen molar-refractivity contribution in [1.29, 1.82) is 0 Å². The zero-order chi connectivity index (χ0) is 13.5. The summed E-state index contributed by atoms with van der Waals surface area (Å²) in [6.45, 7) is 5.54. The molecule has 0 aliphatic rings. The monoisotopic (exact) mass is 249 g/mol. The van der Waals surface area contributed by atoms with Gasteiger partial charge in [0.05, 0.1) is 11.4 Å². The van der Waals surface area contributed by atoms with Crippen molar-refractivity contribution < 1.29 is 4.79 Å². The van der Waals surface area contributed by atoms with E-state index in [1.165, 1.54) is 0 Å². The number of anilines is 2. The molecule has 0 fully saturated rings. The van der Waals surface area contributed by atoms with Crippen LogP contribution in [0.5, 0.6) is 0 Å². The number of nitrogens with one attached hydrogen (secondary N) is 2. The molecule has 1 atom stereocenters. The predicted molar refractivity (Wildman–Crippen MR) is 77.1 cm³/mol. The SMILES string of the molecule is CCNCC(C)C(=O)Nc1ccccc1N(C)C. The lowest BCUT2D eigenvalue weighted by atomic mass is 10.1. The van der Waals surface area contributed by atoms with Crippen molar-refractivity contribution in [3.05, 3.63) is 24.3 Å². The van der Waals surface area contributed by atoms with Crippen LogP contribution in [0.3, 0.4) is 0 Å². The Morgan fingerprint density at radius 3 is 2.61 bits per heavy atom. The summed E-state index contributed by atoms with van der Waals surface area (Å²) in [5.41, 5.74) is 1.87. The highest BCUT2D eigenvalue weighted by Gasteiger charge is 2.14. The molecule has 1 rings (SSSR count). The van der Waals surface area contributed by atoms with Gasteiger partial charge in [-0.1, -0.05) is 26.0 Å². The van der Waals surface area contributed by atoms with Crippen LogP contribution in [0.25, 0.3) is 0 Å². The van der Waals surface area contributed by atoms with Gasteiger partial charge in [0.2, 0.25) is 5.91 Å². The van der Waals surface area contributed by atoms with E-state index in [0.29, 0.717) is 6.54 Å². The molecule has 0 saturated heterocycles. The number of carbonyl (C=O) groups excluding carboxylic acids is 1. The maximum atomic E-state index is 12.0. The van der Waals surface area contributed by atoms with Crippen LogP contribution in [0.1, 0.15) is 13.8 Å². The third-order valence-corrected chi connectivity index (χ3v) is 2.79. The minimum Gasteiger partial charge on any atom is -0.376 e. The molecular weight excluding hydrogens is 226 g/mol. The third-order valence-electron chi connectivity index (χ3n) is 2.79. The maximum absolute atomic E-state index is 12.0. The van der Waals surface area contributed by atoms with Crippen LogP contribution in [0.4, 0.5) is 11.4 Å². The lowest BCUT2D eigenvalue weighted by Crippen LogP contribution is -2.30. The van der Waals surface area contributed by atoms with Crippen LogP contribution in [0.2, 0.25) is 0 Å². The fourth-order valence-electron chi connectivity index (χ4n) is 1.68. The molecule has 1 amide bonds. The maximum Gasteiger partial charge on any atom is 0.228 e. The molecule has 0 aliphatic heterocycles. The first kappa shape index (κ1) is 14.5. The fourth-order valence-corrected chi connectivity index (χ4v) is 1.68. The first-order valence-electron chi connectivity index (χ1n) is 6.34. The Kier molecular flexibility index (Phi) is 5.65. The standard InChI is InChI=1S/C14H23N3O/c1-5-15-10-11(2)14(18)16-12-8-6-7-9-13(12)17(3)4/h6-9,11,15H,5,10H2,1-4H3,(H,16,18). The Balaban J connectivity index is 2.69. The van der Waals surface area contributed by atoms with Crippen LogP contribution >= 0.6 is 0 Å². The normalized spacial score (nSPS) is 12.0. The lowest BCUT2D eigenvalue weighted by molar-refractivity contribution is -0.119. The third kappa shape index (κ3) is 4.04. The van der Waals surface area contributed by atoms with E-state index in [2.05, 4.69) is 10.6 Å². The number of rotatable bonds is 6. The minimum absolute atomic E-state index is 0.0415. The Labute approximate surface area is 109 Å². The fraction of sp³-hybridized carbons (Fsp3) is 0.500. The first-order valence-corrected chi connectivity index (χ1v) is 6.34. The Morgan fingerprint density at radius 1 is 1.33 bits per heavy atom. The van der Waals surface area contributed by atoms with Gasteiger partial charge in [-0.15, -0.1) is 0 Å². The largest absolute Gasteiger partial charge is 0.376 e. The van der Waals surface area contributed by atoms with Crippen molar-refractivity contribution in [1.82, 2.24) is 5.32 Å². The molecule has 1 unspecified atom stereocenters. The number of nitrogens with zero attached hydrogens (tertiary/aromatic N) is 1. The van der Waals surface area contributed by atoms with Gasteiger partial charge in [-0.3, -0.25) is 4.79 Å². The van der Waals surface area contributed by atoms with E-state index in [1.807, 2.05) is 57.1 Å². The van der Waals surface area contributed by atoms with Crippen LogP contribution in [0.15, 0.2) is 24.3 Å². The van der Waals surface area contributed by atoms with Gasteiger partial charge < -0.3 is 15.5 Å². The minimum atomic E-state index is -0.0415. The molecule has 0 heterocycles. The number of carbonyl (C=O) groups is 1. The second kappa shape index (κ2) is 7.01. The van der Waals surface area contributed by atoms with Crippen LogP contribution in [0, 0.1) is 5.92 Å². The molecule has 100 valence electrons. The van der Waals surface area contributed by atoms with Gasteiger partial charge in [0.15, 0.2) is 0 Å². The summed E-state index contributed by atoms with van der Waals surface area (Å²) in [5, 5.41) is 6.16. The van der Waals surface area contributed by atoms with Gasteiger partial charge in [0, 0.05) is 26.6 Å². The van der Waals surface area contributed by atoms with Crippen molar-refractivity contribution in [2.45, 2.75) is 13.8 Å². The smallest absolute Gasteiger partial charge is 0.228 e. The number of hydrogen-bond acceptors (Lipinski definition) is 3. The number of para-hydroxylation sites is 2. The molecule has 0 spiro atoms. The quantitative estimate of drug-likeness (QED) is 0.810. The second-order valence-corrected chi connectivity index (χ2v) is 4.61. The van der Waals surface area contributed by atoms with Gasteiger partial charge in [0.1, 0.15) is 0 Å². The van der Waals surface area contributed by atoms with Crippen molar-refractivity contribution in [2.24, 2.45) is 5.92 Å². The Bertz CT molecular complexity index is 390. The van der Waals surface area contributed by atoms with Crippen molar-refractivity contribution in [3.8, 4) is 0 Å². The molecule has 1 aromatic carbocycles. The molecule has 2 N–H and O–H groups in total. The lowest BCUT2D eigenvalue weighted by Gasteiger charge is -2.19. The summed E-state index contributed by atoms with van der Waals surface area (Å²) in [5.74, 6) is 0.00502. The number of hydrogen-bond donors (Lipinski definition) is 2. The van der Waals surface area contributed by atoms with Gasteiger partial charge in [-0.25, -0.2) is 0 Å². The summed E-state index contributed by atoms with van der Waals surface area (Å²) < 4.78 is 0. The van der Waals surface area contributed by atoms with Crippen molar-refractivity contribution in [3.63, 3.8) is 0 Å². The zero-order valence-electron chi connectivity index (χ0n) is 11.7. The van der Waals surface area contributed by atoms with Crippen LogP contribution in [-0.2, 0) is 4.79 Å². The van der Waals surface area contributed by atoms with E-state index >= 15 is 0 Å². The topological polar surface area (TPSA) is 44.4 Å². The Hall–Kier alpha value is -1.55. The molecule has 4 heteroatoms. The van der Waals surface area contributed by atoms with Crippen LogP contribution in [-0.4, -0.2) is 33.1 Å². The van der Waals surface area contributed by atoms with E-state index < -0.39 is 0 Å². The highest BCUT2D eigenvalue weighted by Crippen LogP contribution is 2.23. The number of benzene rings is 1. The zero-order valence-corrected chi connectivity index (χ0v) is 11.7. The molecule has 1 aromatic rings. The van der Waals surface area contributed by atoms with Gasteiger partial charge in [-0.2, -0.15) is 0 Å². The summed E-state index contributed by atoms with van der Waals surface area (Å²) in [6, 6.07) is 7.81. The van der Waals surface area contributed by atoms with Gasteiger partial charge in [-0.05, 0) is 18.7 Å². The van der Waals surface area contributed by atoms with Crippen molar-refractivity contribution in [2.75, 3.05) is 37.4 Å². The Morgan fingerprint density at radius 2 is 2.00 bits per heavy atom. The van der Waals surface area contributed by atoms with Crippen molar-refractivity contribution >= 4 is 17.3 Å². The predicted octanol–water partition coefficient (Wildman–Crippen LogP) is 1.94. The molecule has 18 heavy (non-hydrogen) atoms. The summed E-state index contributed by atoms with van der Waals surface area (Å²) in [6.07, 6.45) is 0. The molecule has 0 aliphatic carbocycles. The summed E-state index contributed by atoms with van der Waals surface area (Å²) >= 11 is 0. The molecule has 0 saturated carbocycles. The first-order chi connectivity index (χ1) is 8.56. The van der Waals surface area contributed by atoms with Gasteiger partial charge in [0.25, 0.3) is 0 Å². The van der Waals surface area contributed by atoms with E-state index in [-0.39, 0.29) is 11.8 Å². The molecule has 4 nitrogen and oxygen atoms in total. The second-order valence-electron chi connectivity index (χ2n) is 4.61. The van der Waals surface area contributed by atoms with Gasteiger partial charge >= 0.3 is 0 Å². The van der Waals surface area contributed by atoms with E-state index in [4.69, 9.17) is 0 Å². The molecule has 0 radical (unpaired) electrons. The molecular formula is C14H23N3O. The summed E-state index contributed by atoms with van der Waals surface area (Å²) in [7, 11) is 3.93. The number of amides is 1. The average Bonchev–Trinajstić information content (AvgIpc) is 2.36. The van der Waals surface area contributed by atoms with E-state index in [1.54, 1.807) is 0 Å². The average molecular weight is 249 g/mol. The highest BCUT2D eigenvalue weighted by molar-refractivity contribution is 5.95. The van der Waals surface area contributed by atoms with Crippen LogP contribution < -0.4 is 15.5 Å². The van der Waals surface area contributed by atoms with E-state index in [9.17, 15) is 4.79 Å². The molecule has 0 aromatic heterocycles. The molecule has 0 bridgehead atoms. The van der Waals surface area contributed by atoms with E-state index in [0.717, 1.165) is 17.9 Å².